The van der Waals surface area contributed by atoms with Gasteiger partial charge >= 0.3 is 0 Å². The number of likely N-dealkylation sites (tertiary alicyclic amines) is 1. The number of hydrogen-bond acceptors (Lipinski definition) is 4. The maximum absolute atomic E-state index is 5.31. The Balaban J connectivity index is 1.91. The first kappa shape index (κ1) is 12.9. The summed E-state index contributed by atoms with van der Waals surface area (Å²) in [7, 11) is 0. The molecule has 1 aliphatic heterocycles. The van der Waals surface area contributed by atoms with E-state index in [1.807, 2.05) is 6.92 Å². The van der Waals surface area contributed by atoms with Gasteiger partial charge in [-0.05, 0) is 38.4 Å². The Morgan fingerprint density at radius 3 is 2.78 bits per heavy atom. The molecule has 2 rings (SSSR count). The van der Waals surface area contributed by atoms with E-state index in [2.05, 4.69) is 25.4 Å². The zero-order valence-corrected chi connectivity index (χ0v) is 11.3. The van der Waals surface area contributed by atoms with Gasteiger partial charge in [-0.1, -0.05) is 0 Å². The SMILES string of the molecule is C/C(=N\NC(=S)N1CCCCC1)c1cnccn1. The fourth-order valence-corrected chi connectivity index (χ4v) is 2.07. The molecule has 1 aromatic rings. The Bertz CT molecular complexity index is 425. The summed E-state index contributed by atoms with van der Waals surface area (Å²) in [6.45, 7) is 3.92. The van der Waals surface area contributed by atoms with E-state index in [1.165, 1.54) is 19.3 Å². The molecule has 0 aromatic carbocycles. The summed E-state index contributed by atoms with van der Waals surface area (Å²) in [5.41, 5.74) is 4.46. The van der Waals surface area contributed by atoms with Crippen LogP contribution in [0.25, 0.3) is 0 Å². The minimum absolute atomic E-state index is 0.693. The van der Waals surface area contributed by atoms with E-state index in [-0.39, 0.29) is 0 Å². The second-order valence-electron chi connectivity index (χ2n) is 4.25. The molecule has 6 heteroatoms. The van der Waals surface area contributed by atoms with E-state index < -0.39 is 0 Å². The molecule has 1 fully saturated rings. The summed E-state index contributed by atoms with van der Waals surface area (Å²) in [5, 5.41) is 4.94. The second-order valence-corrected chi connectivity index (χ2v) is 4.64. The lowest BCUT2D eigenvalue weighted by Crippen LogP contribution is -2.41. The van der Waals surface area contributed by atoms with Gasteiger partial charge in [-0.3, -0.25) is 15.4 Å². The highest BCUT2D eigenvalue weighted by Crippen LogP contribution is 2.08. The normalized spacial score (nSPS) is 16.5. The Labute approximate surface area is 112 Å². The number of rotatable bonds is 2. The van der Waals surface area contributed by atoms with Crippen molar-refractivity contribution in [2.24, 2.45) is 5.10 Å². The van der Waals surface area contributed by atoms with Gasteiger partial charge < -0.3 is 4.90 Å². The highest BCUT2D eigenvalue weighted by Gasteiger charge is 2.12. The highest BCUT2D eigenvalue weighted by molar-refractivity contribution is 7.80. The van der Waals surface area contributed by atoms with Crippen molar-refractivity contribution in [1.82, 2.24) is 20.3 Å². The van der Waals surface area contributed by atoms with Crippen molar-refractivity contribution < 1.29 is 0 Å². The Hall–Kier alpha value is -1.56. The summed E-state index contributed by atoms with van der Waals surface area (Å²) in [6, 6.07) is 0. The quantitative estimate of drug-likeness (QED) is 0.498. The van der Waals surface area contributed by atoms with Crippen molar-refractivity contribution in [1.29, 1.82) is 0 Å². The van der Waals surface area contributed by atoms with Gasteiger partial charge in [0.25, 0.3) is 0 Å². The largest absolute Gasteiger partial charge is 0.348 e. The van der Waals surface area contributed by atoms with E-state index in [4.69, 9.17) is 12.2 Å². The smallest absolute Gasteiger partial charge is 0.189 e. The number of aromatic nitrogens is 2. The average Bonchev–Trinajstić information content (AvgIpc) is 2.46. The van der Waals surface area contributed by atoms with Crippen LogP contribution in [-0.2, 0) is 0 Å². The number of nitrogens with one attached hydrogen (secondary N) is 1. The Kier molecular flexibility index (Phi) is 4.58. The standard InChI is InChI=1S/C12H17N5S/c1-10(11-9-13-5-6-14-11)15-16-12(18)17-7-3-2-4-8-17/h5-6,9H,2-4,7-8H2,1H3,(H,16,18)/b15-10+. The van der Waals surface area contributed by atoms with Crippen LogP contribution >= 0.6 is 12.2 Å². The van der Waals surface area contributed by atoms with Crippen LogP contribution in [0.1, 0.15) is 31.9 Å². The maximum atomic E-state index is 5.31. The first-order chi connectivity index (χ1) is 8.77. The third-order valence-electron chi connectivity index (χ3n) is 2.90. The third kappa shape index (κ3) is 3.46. The van der Waals surface area contributed by atoms with Gasteiger partial charge in [-0.25, -0.2) is 0 Å². The number of piperidine rings is 1. The van der Waals surface area contributed by atoms with Gasteiger partial charge in [-0.15, -0.1) is 0 Å². The molecule has 1 N–H and O–H groups in total. The molecule has 0 aliphatic carbocycles. The van der Waals surface area contributed by atoms with Crippen LogP contribution in [0.15, 0.2) is 23.7 Å². The lowest BCUT2D eigenvalue weighted by atomic mass is 10.1. The fourth-order valence-electron chi connectivity index (χ4n) is 1.84. The summed E-state index contributed by atoms with van der Waals surface area (Å²) >= 11 is 5.31. The molecular formula is C12H17N5S. The molecule has 0 saturated carbocycles. The summed E-state index contributed by atoms with van der Waals surface area (Å²) in [6.07, 6.45) is 8.68. The van der Waals surface area contributed by atoms with Gasteiger partial charge in [0.1, 0.15) is 5.69 Å². The average molecular weight is 263 g/mol. The molecule has 0 bridgehead atoms. The number of thiocarbonyl (C=S) groups is 1. The van der Waals surface area contributed by atoms with Crippen LogP contribution in [0.5, 0.6) is 0 Å². The van der Waals surface area contributed by atoms with Crippen molar-refractivity contribution in [2.45, 2.75) is 26.2 Å². The molecule has 0 radical (unpaired) electrons. The van der Waals surface area contributed by atoms with Crippen LogP contribution in [0, 0.1) is 0 Å². The Morgan fingerprint density at radius 1 is 1.33 bits per heavy atom. The monoisotopic (exact) mass is 263 g/mol. The predicted molar refractivity (Wildman–Crippen MR) is 75.4 cm³/mol. The molecule has 0 spiro atoms. The van der Waals surface area contributed by atoms with Crippen molar-refractivity contribution >= 4 is 23.0 Å². The van der Waals surface area contributed by atoms with E-state index in [0.29, 0.717) is 5.11 Å². The molecule has 5 nitrogen and oxygen atoms in total. The maximum Gasteiger partial charge on any atom is 0.189 e. The van der Waals surface area contributed by atoms with Crippen LogP contribution in [0.2, 0.25) is 0 Å². The van der Waals surface area contributed by atoms with Gasteiger partial charge in [0, 0.05) is 25.5 Å². The second kappa shape index (κ2) is 6.39. The van der Waals surface area contributed by atoms with Crippen molar-refractivity contribution in [3.8, 4) is 0 Å². The predicted octanol–water partition coefficient (Wildman–Crippen LogP) is 1.56. The molecule has 0 unspecified atom stereocenters. The molecule has 0 amide bonds. The number of nitrogens with zero attached hydrogens (tertiary/aromatic N) is 4. The molecule has 18 heavy (non-hydrogen) atoms. The minimum atomic E-state index is 0.693. The summed E-state index contributed by atoms with van der Waals surface area (Å²) in [4.78, 5) is 10.3. The molecule has 1 aromatic heterocycles. The first-order valence-electron chi connectivity index (χ1n) is 6.13. The lowest BCUT2D eigenvalue weighted by Gasteiger charge is -2.28. The number of hydrogen-bond donors (Lipinski definition) is 1. The van der Waals surface area contributed by atoms with Crippen LogP contribution < -0.4 is 5.43 Å². The molecule has 2 heterocycles. The van der Waals surface area contributed by atoms with Crippen molar-refractivity contribution in [3.05, 3.63) is 24.3 Å². The minimum Gasteiger partial charge on any atom is -0.348 e. The first-order valence-corrected chi connectivity index (χ1v) is 6.54. The van der Waals surface area contributed by atoms with E-state index in [0.717, 1.165) is 24.5 Å². The van der Waals surface area contributed by atoms with Gasteiger partial charge in [0.2, 0.25) is 0 Å². The topological polar surface area (TPSA) is 53.4 Å². The highest BCUT2D eigenvalue weighted by atomic mass is 32.1. The summed E-state index contributed by atoms with van der Waals surface area (Å²) < 4.78 is 0. The zero-order chi connectivity index (χ0) is 12.8. The Morgan fingerprint density at radius 2 is 2.11 bits per heavy atom. The van der Waals surface area contributed by atoms with E-state index >= 15 is 0 Å². The number of hydrazone groups is 1. The van der Waals surface area contributed by atoms with Gasteiger partial charge in [0.15, 0.2) is 5.11 Å². The molecule has 96 valence electrons. The van der Waals surface area contributed by atoms with E-state index in [1.54, 1.807) is 18.6 Å². The van der Waals surface area contributed by atoms with Crippen molar-refractivity contribution in [3.63, 3.8) is 0 Å². The molecule has 0 atom stereocenters. The molecule has 1 aliphatic rings. The van der Waals surface area contributed by atoms with Gasteiger partial charge in [0.05, 0.1) is 11.9 Å². The third-order valence-corrected chi connectivity index (χ3v) is 3.25. The van der Waals surface area contributed by atoms with Crippen LogP contribution in [0.3, 0.4) is 0 Å². The fraction of sp³-hybridized carbons (Fsp3) is 0.500. The van der Waals surface area contributed by atoms with Crippen LogP contribution in [-0.4, -0.2) is 38.8 Å². The molecular weight excluding hydrogens is 246 g/mol. The van der Waals surface area contributed by atoms with Crippen LogP contribution in [0.4, 0.5) is 0 Å². The van der Waals surface area contributed by atoms with Gasteiger partial charge in [-0.2, -0.15) is 5.10 Å². The lowest BCUT2D eigenvalue weighted by molar-refractivity contribution is 0.338. The van der Waals surface area contributed by atoms with Crippen molar-refractivity contribution in [2.75, 3.05) is 13.1 Å². The molecule has 1 saturated heterocycles. The van der Waals surface area contributed by atoms with E-state index in [9.17, 15) is 0 Å². The summed E-state index contributed by atoms with van der Waals surface area (Å²) in [5.74, 6) is 0. The zero-order valence-electron chi connectivity index (χ0n) is 10.5.